The van der Waals surface area contributed by atoms with Gasteiger partial charge in [-0.15, -0.1) is 0 Å². The summed E-state index contributed by atoms with van der Waals surface area (Å²) >= 11 is 0. The van der Waals surface area contributed by atoms with Gasteiger partial charge in [-0.25, -0.2) is 0 Å². The van der Waals surface area contributed by atoms with Gasteiger partial charge in [0.05, 0.1) is 6.61 Å². The molecule has 0 amide bonds. The minimum Gasteiger partial charge on any atom is -0.486 e. The number of hydrogen-bond donors (Lipinski definition) is 2. The lowest BCUT2D eigenvalue weighted by atomic mass is 9.95. The van der Waals surface area contributed by atoms with Crippen LogP contribution in [0.15, 0.2) is 12.1 Å². The highest BCUT2D eigenvalue weighted by Gasteiger charge is 2.24. The van der Waals surface area contributed by atoms with Crippen molar-refractivity contribution in [3.05, 3.63) is 23.3 Å². The zero-order chi connectivity index (χ0) is 12.4. The molecule has 1 unspecified atom stereocenters. The van der Waals surface area contributed by atoms with E-state index in [1.165, 1.54) is 0 Å². The van der Waals surface area contributed by atoms with Crippen molar-refractivity contribution in [1.82, 2.24) is 0 Å². The van der Waals surface area contributed by atoms with Gasteiger partial charge in [-0.05, 0) is 30.2 Å². The molecule has 0 fully saturated rings. The maximum Gasteiger partial charge on any atom is 0.313 e. The van der Waals surface area contributed by atoms with Crippen molar-refractivity contribution in [1.29, 1.82) is 0 Å². The highest BCUT2D eigenvalue weighted by molar-refractivity contribution is 5.77. The number of aliphatic hydroxyl groups excluding tert-OH is 1. The number of hydrogen-bond acceptors (Lipinski definition) is 4. The smallest absolute Gasteiger partial charge is 0.313 e. The fourth-order valence-corrected chi connectivity index (χ4v) is 1.89. The van der Waals surface area contributed by atoms with Gasteiger partial charge in [-0.2, -0.15) is 0 Å². The monoisotopic (exact) mass is 238 g/mol. The minimum absolute atomic E-state index is 0.435. The lowest BCUT2D eigenvalue weighted by Crippen LogP contribution is -2.19. The molecule has 2 rings (SSSR count). The van der Waals surface area contributed by atoms with Gasteiger partial charge in [0.15, 0.2) is 11.5 Å². The summed E-state index contributed by atoms with van der Waals surface area (Å²) in [6.07, 6.45) is 0. The van der Waals surface area contributed by atoms with E-state index in [-0.39, 0.29) is 0 Å². The Morgan fingerprint density at radius 1 is 1.35 bits per heavy atom. The second kappa shape index (κ2) is 4.63. The molecule has 1 aromatic carbocycles. The molecule has 0 saturated carbocycles. The zero-order valence-corrected chi connectivity index (χ0v) is 9.47. The van der Waals surface area contributed by atoms with Crippen LogP contribution >= 0.6 is 0 Å². The van der Waals surface area contributed by atoms with Gasteiger partial charge in [0.2, 0.25) is 0 Å². The average Bonchev–Trinajstić information content (AvgIpc) is 2.30. The molecule has 2 N–H and O–H groups in total. The summed E-state index contributed by atoms with van der Waals surface area (Å²) in [5, 5.41) is 18.1. The predicted octanol–water partition coefficient (Wildman–Crippen LogP) is 0.927. The van der Waals surface area contributed by atoms with Crippen LogP contribution in [-0.4, -0.2) is 36.0 Å². The average molecular weight is 238 g/mol. The van der Waals surface area contributed by atoms with Crippen LogP contribution in [0.5, 0.6) is 11.5 Å². The van der Waals surface area contributed by atoms with Gasteiger partial charge < -0.3 is 19.7 Å². The van der Waals surface area contributed by atoms with Crippen LogP contribution in [-0.2, 0) is 4.79 Å². The molecule has 0 spiro atoms. The second-order valence-corrected chi connectivity index (χ2v) is 3.93. The first kappa shape index (κ1) is 11.7. The molecule has 1 aliphatic heterocycles. The zero-order valence-electron chi connectivity index (χ0n) is 9.47. The molecule has 0 saturated heterocycles. The van der Waals surface area contributed by atoms with Crippen LogP contribution in [0, 0.1) is 6.92 Å². The lowest BCUT2D eigenvalue weighted by Gasteiger charge is -2.21. The predicted molar refractivity (Wildman–Crippen MR) is 59.6 cm³/mol. The van der Waals surface area contributed by atoms with E-state index in [0.29, 0.717) is 30.3 Å². The number of benzene rings is 1. The Morgan fingerprint density at radius 3 is 2.47 bits per heavy atom. The molecular weight excluding hydrogens is 224 g/mol. The van der Waals surface area contributed by atoms with Crippen molar-refractivity contribution in [3.8, 4) is 11.5 Å². The molecular formula is C12H14O5. The second-order valence-electron chi connectivity index (χ2n) is 3.93. The molecule has 0 aromatic heterocycles. The maximum absolute atomic E-state index is 11.0. The van der Waals surface area contributed by atoms with Crippen molar-refractivity contribution >= 4 is 5.97 Å². The van der Waals surface area contributed by atoms with Crippen LogP contribution in [0.3, 0.4) is 0 Å². The van der Waals surface area contributed by atoms with Crippen LogP contribution < -0.4 is 9.47 Å². The van der Waals surface area contributed by atoms with E-state index in [0.717, 1.165) is 5.56 Å². The Labute approximate surface area is 98.6 Å². The minimum atomic E-state index is -1.05. The third-order valence-electron chi connectivity index (χ3n) is 2.79. The van der Waals surface area contributed by atoms with Crippen molar-refractivity contribution < 1.29 is 24.5 Å². The van der Waals surface area contributed by atoms with Crippen molar-refractivity contribution in [3.63, 3.8) is 0 Å². The highest BCUT2D eigenvalue weighted by atomic mass is 16.6. The first-order valence-corrected chi connectivity index (χ1v) is 5.37. The molecule has 5 nitrogen and oxygen atoms in total. The van der Waals surface area contributed by atoms with Gasteiger partial charge in [-0.1, -0.05) is 0 Å². The molecule has 1 aromatic rings. The number of ether oxygens (including phenoxy) is 2. The largest absolute Gasteiger partial charge is 0.486 e. The molecule has 0 bridgehead atoms. The summed E-state index contributed by atoms with van der Waals surface area (Å²) in [5.41, 5.74) is 1.33. The topological polar surface area (TPSA) is 76.0 Å². The van der Waals surface area contributed by atoms with E-state index in [4.69, 9.17) is 19.7 Å². The van der Waals surface area contributed by atoms with E-state index in [1.807, 2.05) is 0 Å². The van der Waals surface area contributed by atoms with Gasteiger partial charge in [0, 0.05) is 0 Å². The van der Waals surface area contributed by atoms with Gasteiger partial charge >= 0.3 is 5.97 Å². The molecule has 17 heavy (non-hydrogen) atoms. The summed E-state index contributed by atoms with van der Waals surface area (Å²) in [6.45, 7) is 2.30. The van der Waals surface area contributed by atoms with Gasteiger partial charge in [0.1, 0.15) is 19.1 Å². The van der Waals surface area contributed by atoms with E-state index >= 15 is 0 Å². The summed E-state index contributed by atoms with van der Waals surface area (Å²) < 4.78 is 10.8. The Hall–Kier alpha value is -1.75. The Kier molecular flexibility index (Phi) is 3.19. The number of carbonyl (C=O) groups is 1. The Balaban J connectivity index is 2.43. The molecule has 0 aliphatic carbocycles. The SMILES string of the molecule is Cc1cc2c(cc1C(CO)C(=O)O)OCCO2. The van der Waals surface area contributed by atoms with Gasteiger partial charge in [0.25, 0.3) is 0 Å². The van der Waals surface area contributed by atoms with E-state index in [1.54, 1.807) is 19.1 Å². The van der Waals surface area contributed by atoms with Gasteiger partial charge in [-0.3, -0.25) is 4.79 Å². The summed E-state index contributed by atoms with van der Waals surface area (Å²) in [5.74, 6) is -0.811. The van der Waals surface area contributed by atoms with Crippen LogP contribution in [0.25, 0.3) is 0 Å². The number of aryl methyl sites for hydroxylation is 1. The summed E-state index contributed by atoms with van der Waals surface area (Å²) in [7, 11) is 0. The van der Waals surface area contributed by atoms with E-state index < -0.39 is 18.5 Å². The Morgan fingerprint density at radius 2 is 1.94 bits per heavy atom. The highest BCUT2D eigenvalue weighted by Crippen LogP contribution is 2.35. The molecule has 0 radical (unpaired) electrons. The first-order chi connectivity index (χ1) is 8.13. The molecule has 92 valence electrons. The number of aliphatic hydroxyl groups is 1. The number of aliphatic carboxylic acids is 1. The van der Waals surface area contributed by atoms with Crippen molar-refractivity contribution in [2.45, 2.75) is 12.8 Å². The Bertz CT molecular complexity index is 441. The molecule has 1 heterocycles. The van der Waals surface area contributed by atoms with Crippen molar-refractivity contribution in [2.24, 2.45) is 0 Å². The van der Waals surface area contributed by atoms with Crippen molar-refractivity contribution in [2.75, 3.05) is 19.8 Å². The lowest BCUT2D eigenvalue weighted by molar-refractivity contribution is -0.139. The van der Waals surface area contributed by atoms with Crippen LogP contribution in [0.4, 0.5) is 0 Å². The fraction of sp³-hybridized carbons (Fsp3) is 0.417. The molecule has 5 heteroatoms. The third kappa shape index (κ3) is 2.19. The standard InChI is InChI=1S/C12H14O5/c1-7-4-10-11(17-3-2-16-10)5-8(7)9(6-13)12(14)15/h4-5,9,13H,2-3,6H2,1H3,(H,14,15). The quantitative estimate of drug-likeness (QED) is 0.819. The first-order valence-electron chi connectivity index (χ1n) is 5.37. The number of carboxylic acids is 1. The van der Waals surface area contributed by atoms with Crippen LogP contribution in [0.1, 0.15) is 17.0 Å². The van der Waals surface area contributed by atoms with E-state index in [9.17, 15) is 4.79 Å². The summed E-state index contributed by atoms with van der Waals surface area (Å²) in [4.78, 5) is 11.0. The summed E-state index contributed by atoms with van der Waals surface area (Å²) in [6, 6.07) is 3.38. The normalized spacial score (nSPS) is 15.4. The molecule has 1 atom stereocenters. The number of fused-ring (bicyclic) bond motifs is 1. The van der Waals surface area contributed by atoms with Crippen LogP contribution in [0.2, 0.25) is 0 Å². The fourth-order valence-electron chi connectivity index (χ4n) is 1.89. The maximum atomic E-state index is 11.0. The van der Waals surface area contributed by atoms with E-state index in [2.05, 4.69) is 0 Å². The third-order valence-corrected chi connectivity index (χ3v) is 2.79. The number of rotatable bonds is 3. The molecule has 1 aliphatic rings. The number of carboxylic acid groups (broad SMARTS) is 1.